The number of amides is 4. The van der Waals surface area contributed by atoms with Crippen molar-refractivity contribution in [3.63, 3.8) is 0 Å². The molecule has 0 spiro atoms. The van der Waals surface area contributed by atoms with Gasteiger partial charge < -0.3 is 30.5 Å². The lowest BCUT2D eigenvalue weighted by Gasteiger charge is -2.34. The molecule has 2 aromatic carbocycles. The molecule has 250 valence electrons. The number of likely N-dealkylation sites (N-methyl/N-ethyl adjacent to an activating group) is 1. The monoisotopic (exact) mass is 633 g/mol. The summed E-state index contributed by atoms with van der Waals surface area (Å²) in [5.41, 5.74) is 1.23. The summed E-state index contributed by atoms with van der Waals surface area (Å²) in [5, 5.41) is 8.74. The number of ether oxygens (including phenoxy) is 1. The highest BCUT2D eigenvalue weighted by Crippen LogP contribution is 2.20. The Bertz CT molecular complexity index is 1260. The van der Waals surface area contributed by atoms with Crippen LogP contribution in [0.4, 0.5) is 0 Å². The van der Waals surface area contributed by atoms with E-state index in [9.17, 15) is 19.2 Å². The van der Waals surface area contributed by atoms with Crippen molar-refractivity contribution in [3.8, 4) is 5.75 Å². The molecule has 2 aromatic rings. The number of carbonyl (C=O) groups is 4. The molecule has 0 saturated carbocycles. The summed E-state index contributed by atoms with van der Waals surface area (Å²) in [6.07, 6.45) is 9.70. The Morgan fingerprint density at radius 1 is 0.783 bits per heavy atom. The summed E-state index contributed by atoms with van der Waals surface area (Å²) in [7, 11) is 2.00. The molecule has 46 heavy (non-hydrogen) atoms. The summed E-state index contributed by atoms with van der Waals surface area (Å²) in [6, 6.07) is 14.6. The molecule has 0 aliphatic carbocycles. The summed E-state index contributed by atoms with van der Waals surface area (Å²) in [6.45, 7) is 3.45. The summed E-state index contributed by atoms with van der Waals surface area (Å²) in [4.78, 5) is 58.2. The Hall–Kier alpha value is -3.92. The Kier molecular flexibility index (Phi) is 14.4. The van der Waals surface area contributed by atoms with Crippen molar-refractivity contribution >= 4 is 23.6 Å². The molecule has 0 aromatic heterocycles. The molecule has 4 amide bonds. The lowest BCUT2D eigenvalue weighted by Crippen LogP contribution is -2.56. The second-order valence-corrected chi connectivity index (χ2v) is 12.5. The van der Waals surface area contributed by atoms with Crippen LogP contribution in [0.3, 0.4) is 0 Å². The Morgan fingerprint density at radius 2 is 1.41 bits per heavy atom. The van der Waals surface area contributed by atoms with Crippen LogP contribution in [-0.2, 0) is 20.8 Å². The van der Waals surface area contributed by atoms with Crippen LogP contribution in [0.5, 0.6) is 5.75 Å². The molecule has 2 atom stereocenters. The molecular formula is C36H51N5O5. The van der Waals surface area contributed by atoms with E-state index >= 15 is 0 Å². The molecule has 0 radical (unpaired) electrons. The first kappa shape index (κ1) is 34.9. The zero-order chi connectivity index (χ0) is 32.6. The molecule has 0 unspecified atom stereocenters. The highest BCUT2D eigenvalue weighted by atomic mass is 16.5. The first-order valence-corrected chi connectivity index (χ1v) is 17.0. The fourth-order valence-electron chi connectivity index (χ4n) is 5.94. The van der Waals surface area contributed by atoms with E-state index < -0.39 is 23.9 Å². The molecule has 10 nitrogen and oxygen atoms in total. The van der Waals surface area contributed by atoms with E-state index in [0.29, 0.717) is 57.1 Å². The molecule has 2 heterocycles. The van der Waals surface area contributed by atoms with Gasteiger partial charge >= 0.3 is 0 Å². The van der Waals surface area contributed by atoms with Crippen LogP contribution in [-0.4, -0.2) is 91.9 Å². The zero-order valence-electron chi connectivity index (χ0n) is 27.3. The van der Waals surface area contributed by atoms with Gasteiger partial charge in [-0.2, -0.15) is 0 Å². The average Bonchev–Trinajstić information content (AvgIpc) is 3.06. The SMILES string of the molecule is CN1CCN(C(=O)[C@@H]2CC(=O)N[C@@H](Cc3ccccc3)C(=O)NCCCCCCCCCCCOc3ccccc3C(=O)N2)CC1. The van der Waals surface area contributed by atoms with Gasteiger partial charge in [-0.05, 0) is 37.6 Å². The van der Waals surface area contributed by atoms with Crippen molar-refractivity contribution < 1.29 is 23.9 Å². The zero-order valence-corrected chi connectivity index (χ0v) is 27.3. The minimum atomic E-state index is -1.11. The van der Waals surface area contributed by atoms with Crippen molar-refractivity contribution in [3.05, 3.63) is 65.7 Å². The van der Waals surface area contributed by atoms with E-state index in [0.717, 1.165) is 44.1 Å². The van der Waals surface area contributed by atoms with Gasteiger partial charge in [0, 0.05) is 39.1 Å². The van der Waals surface area contributed by atoms with E-state index in [1.807, 2.05) is 43.4 Å². The first-order valence-electron chi connectivity index (χ1n) is 17.0. The highest BCUT2D eigenvalue weighted by Gasteiger charge is 2.32. The summed E-state index contributed by atoms with van der Waals surface area (Å²) in [5.74, 6) is -1.08. The smallest absolute Gasteiger partial charge is 0.255 e. The number of piperazine rings is 1. The maximum atomic E-state index is 13.8. The van der Waals surface area contributed by atoms with Gasteiger partial charge in [-0.1, -0.05) is 87.4 Å². The number of hydrogen-bond acceptors (Lipinski definition) is 6. The van der Waals surface area contributed by atoms with E-state index in [4.69, 9.17) is 4.74 Å². The quantitative estimate of drug-likeness (QED) is 0.475. The minimum absolute atomic E-state index is 0.257. The topological polar surface area (TPSA) is 120 Å². The van der Waals surface area contributed by atoms with Gasteiger partial charge in [-0.25, -0.2) is 0 Å². The molecule has 2 aliphatic heterocycles. The van der Waals surface area contributed by atoms with Gasteiger partial charge in [0.15, 0.2) is 0 Å². The van der Waals surface area contributed by atoms with Crippen LogP contribution >= 0.6 is 0 Å². The maximum Gasteiger partial charge on any atom is 0.255 e. The molecule has 2 aliphatic rings. The van der Waals surface area contributed by atoms with Crippen molar-refractivity contribution in [2.75, 3.05) is 46.4 Å². The Balaban J connectivity index is 1.54. The van der Waals surface area contributed by atoms with Gasteiger partial charge in [0.05, 0.1) is 18.6 Å². The summed E-state index contributed by atoms with van der Waals surface area (Å²) < 4.78 is 6.03. The first-order chi connectivity index (χ1) is 22.4. The van der Waals surface area contributed by atoms with Gasteiger partial charge in [0.2, 0.25) is 17.7 Å². The van der Waals surface area contributed by atoms with Gasteiger partial charge in [-0.3, -0.25) is 19.2 Å². The number of para-hydroxylation sites is 1. The van der Waals surface area contributed by atoms with Gasteiger partial charge in [-0.15, -0.1) is 0 Å². The molecule has 1 saturated heterocycles. The van der Waals surface area contributed by atoms with Crippen LogP contribution in [0.1, 0.15) is 80.1 Å². The number of hydrogen-bond donors (Lipinski definition) is 3. The second kappa shape index (κ2) is 18.9. The van der Waals surface area contributed by atoms with Gasteiger partial charge in [0.1, 0.15) is 17.8 Å². The van der Waals surface area contributed by atoms with E-state index in [2.05, 4.69) is 20.9 Å². The highest BCUT2D eigenvalue weighted by molar-refractivity contribution is 6.01. The second-order valence-electron chi connectivity index (χ2n) is 12.5. The fraction of sp³-hybridized carbons (Fsp3) is 0.556. The number of fused-ring (bicyclic) bond motifs is 1. The molecule has 4 rings (SSSR count). The van der Waals surface area contributed by atoms with E-state index in [-0.39, 0.29) is 18.2 Å². The summed E-state index contributed by atoms with van der Waals surface area (Å²) >= 11 is 0. The van der Waals surface area contributed by atoms with Crippen LogP contribution in [0.2, 0.25) is 0 Å². The minimum Gasteiger partial charge on any atom is -0.493 e. The number of nitrogens with zero attached hydrogens (tertiary/aromatic N) is 2. The lowest BCUT2D eigenvalue weighted by molar-refractivity contribution is -0.137. The fourth-order valence-corrected chi connectivity index (χ4v) is 5.94. The standard InChI is InChI=1S/C36H51N5O5/c1-40-21-23-41(24-22-40)36(45)31-27-33(42)38-30(26-28-16-10-9-11-17-28)35(44)37-20-14-7-5-3-2-4-6-8-15-25-46-32-19-13-12-18-29(32)34(43)39-31/h9-13,16-19,30-31H,2-8,14-15,20-27H2,1H3,(H,37,44)(H,38,42)(H,39,43)/t30-,31-/m0/s1. The average molecular weight is 634 g/mol. The third-order valence-corrected chi connectivity index (χ3v) is 8.75. The maximum absolute atomic E-state index is 13.8. The van der Waals surface area contributed by atoms with Crippen LogP contribution in [0.15, 0.2) is 54.6 Å². The number of carbonyl (C=O) groups excluding carboxylic acids is 4. The largest absolute Gasteiger partial charge is 0.493 e. The van der Waals surface area contributed by atoms with E-state index in [1.54, 1.807) is 23.1 Å². The Morgan fingerprint density at radius 3 is 2.13 bits per heavy atom. The van der Waals surface area contributed by atoms with E-state index in [1.165, 1.54) is 19.3 Å². The normalized spacial score (nSPS) is 22.4. The van der Waals surface area contributed by atoms with Crippen molar-refractivity contribution in [2.45, 2.75) is 82.7 Å². The third-order valence-electron chi connectivity index (χ3n) is 8.75. The number of nitrogens with one attached hydrogen (secondary N) is 3. The Labute approximate surface area is 273 Å². The van der Waals surface area contributed by atoms with Crippen molar-refractivity contribution in [1.82, 2.24) is 25.8 Å². The third kappa shape index (κ3) is 11.5. The van der Waals surface area contributed by atoms with Crippen molar-refractivity contribution in [2.24, 2.45) is 0 Å². The molecule has 1 fully saturated rings. The molecule has 10 heteroatoms. The molecule has 3 N–H and O–H groups in total. The van der Waals surface area contributed by atoms with Crippen LogP contribution < -0.4 is 20.7 Å². The molecular weight excluding hydrogens is 582 g/mol. The number of rotatable bonds is 3. The predicted molar refractivity (Wildman–Crippen MR) is 179 cm³/mol. The van der Waals surface area contributed by atoms with Crippen LogP contribution in [0, 0.1) is 0 Å². The van der Waals surface area contributed by atoms with Gasteiger partial charge in [0.25, 0.3) is 5.91 Å². The number of benzene rings is 2. The van der Waals surface area contributed by atoms with Crippen molar-refractivity contribution in [1.29, 1.82) is 0 Å². The molecule has 0 bridgehead atoms. The van der Waals surface area contributed by atoms with Crippen LogP contribution in [0.25, 0.3) is 0 Å². The lowest BCUT2D eigenvalue weighted by atomic mass is 10.0. The predicted octanol–water partition coefficient (Wildman–Crippen LogP) is 3.70.